The lowest BCUT2D eigenvalue weighted by Gasteiger charge is -2.15. The van der Waals surface area contributed by atoms with Crippen molar-refractivity contribution < 1.29 is 23.9 Å². The molecule has 1 heterocycles. The average Bonchev–Trinajstić information content (AvgIpc) is 2.64. The van der Waals surface area contributed by atoms with Gasteiger partial charge in [0, 0.05) is 18.0 Å². The standard InChI is InChI=1S/C19H22N2O5/c1-3-25-18(23)17(19(24)26-4-2)21-16(22)10-9-13-11-14-7-5-6-8-15(14)20-12-13/h5-8,11-12,17H,3-4,9-10H2,1-2H3,(H,21,22). The summed E-state index contributed by atoms with van der Waals surface area (Å²) >= 11 is 0. The topological polar surface area (TPSA) is 94.6 Å². The van der Waals surface area contributed by atoms with Gasteiger partial charge in [-0.25, -0.2) is 9.59 Å². The highest BCUT2D eigenvalue weighted by molar-refractivity contribution is 6.02. The molecule has 1 N–H and O–H groups in total. The number of amides is 1. The Bertz CT molecular complexity index is 772. The number of carbonyl (C=O) groups is 3. The monoisotopic (exact) mass is 358 g/mol. The molecule has 0 aliphatic carbocycles. The SMILES string of the molecule is CCOC(=O)C(NC(=O)CCc1cnc2ccccc2c1)C(=O)OCC. The summed E-state index contributed by atoms with van der Waals surface area (Å²) < 4.78 is 9.64. The Kier molecular flexibility index (Phi) is 7.08. The Labute approximate surface area is 151 Å². The summed E-state index contributed by atoms with van der Waals surface area (Å²) in [5.74, 6) is -2.09. The van der Waals surface area contributed by atoms with Gasteiger partial charge in [0.25, 0.3) is 0 Å². The Hall–Kier alpha value is -2.96. The van der Waals surface area contributed by atoms with Crippen molar-refractivity contribution in [3.05, 3.63) is 42.1 Å². The number of para-hydroxylation sites is 1. The van der Waals surface area contributed by atoms with Gasteiger partial charge in [-0.15, -0.1) is 0 Å². The summed E-state index contributed by atoms with van der Waals surface area (Å²) in [5.41, 5.74) is 1.77. The number of esters is 2. The second-order valence-electron chi connectivity index (χ2n) is 5.54. The van der Waals surface area contributed by atoms with E-state index in [-0.39, 0.29) is 19.6 Å². The highest BCUT2D eigenvalue weighted by atomic mass is 16.6. The molecule has 0 bridgehead atoms. The lowest BCUT2D eigenvalue weighted by molar-refractivity contribution is -0.159. The summed E-state index contributed by atoms with van der Waals surface area (Å²) in [6.07, 6.45) is 2.25. The number of hydrogen-bond acceptors (Lipinski definition) is 6. The molecule has 7 heteroatoms. The molecule has 0 radical (unpaired) electrons. The van der Waals surface area contributed by atoms with E-state index < -0.39 is 23.9 Å². The van der Waals surface area contributed by atoms with Crippen LogP contribution in [0.15, 0.2) is 36.5 Å². The summed E-state index contributed by atoms with van der Waals surface area (Å²) in [5, 5.41) is 3.37. The van der Waals surface area contributed by atoms with Gasteiger partial charge in [0.15, 0.2) is 0 Å². The highest BCUT2D eigenvalue weighted by Crippen LogP contribution is 2.13. The molecule has 0 saturated carbocycles. The fourth-order valence-electron chi connectivity index (χ4n) is 2.41. The fourth-order valence-corrected chi connectivity index (χ4v) is 2.41. The van der Waals surface area contributed by atoms with Crippen LogP contribution < -0.4 is 5.32 Å². The molecule has 1 aromatic carbocycles. The summed E-state index contributed by atoms with van der Waals surface area (Å²) in [7, 11) is 0. The molecule has 2 aromatic rings. The number of aryl methyl sites for hydroxylation is 1. The summed E-state index contributed by atoms with van der Waals surface area (Å²) in [6, 6.07) is 8.21. The van der Waals surface area contributed by atoms with Crippen LogP contribution >= 0.6 is 0 Å². The fraction of sp³-hybridized carbons (Fsp3) is 0.368. The zero-order valence-electron chi connectivity index (χ0n) is 14.9. The lowest BCUT2D eigenvalue weighted by Crippen LogP contribution is -2.48. The van der Waals surface area contributed by atoms with Crippen molar-refractivity contribution in [3.8, 4) is 0 Å². The smallest absolute Gasteiger partial charge is 0.340 e. The zero-order valence-corrected chi connectivity index (χ0v) is 14.9. The Morgan fingerprint density at radius 1 is 1.08 bits per heavy atom. The minimum absolute atomic E-state index is 0.105. The van der Waals surface area contributed by atoms with Crippen molar-refractivity contribution >= 4 is 28.7 Å². The third-order valence-corrected chi connectivity index (χ3v) is 3.64. The quantitative estimate of drug-likeness (QED) is 0.571. The molecule has 2 rings (SSSR count). The minimum atomic E-state index is -1.45. The molecule has 0 saturated heterocycles. The molecule has 0 atom stereocenters. The number of rotatable bonds is 8. The molecular weight excluding hydrogens is 336 g/mol. The van der Waals surface area contributed by atoms with E-state index in [0.717, 1.165) is 16.5 Å². The largest absolute Gasteiger partial charge is 0.464 e. The molecule has 0 aliphatic heterocycles. The van der Waals surface area contributed by atoms with Crippen LogP contribution in [0.1, 0.15) is 25.8 Å². The second-order valence-corrected chi connectivity index (χ2v) is 5.54. The van der Waals surface area contributed by atoms with E-state index in [2.05, 4.69) is 10.3 Å². The zero-order chi connectivity index (χ0) is 18.9. The first-order chi connectivity index (χ1) is 12.5. The molecular formula is C19H22N2O5. The van der Waals surface area contributed by atoms with Gasteiger partial charge in [0.1, 0.15) is 0 Å². The van der Waals surface area contributed by atoms with Crippen LogP contribution in [0.25, 0.3) is 10.9 Å². The van der Waals surface area contributed by atoms with Gasteiger partial charge in [-0.05, 0) is 38.0 Å². The third kappa shape index (κ3) is 5.27. The van der Waals surface area contributed by atoms with Gasteiger partial charge < -0.3 is 14.8 Å². The lowest BCUT2D eigenvalue weighted by atomic mass is 10.1. The minimum Gasteiger partial charge on any atom is -0.464 e. The van der Waals surface area contributed by atoms with Crippen LogP contribution in [0.5, 0.6) is 0 Å². The van der Waals surface area contributed by atoms with Crippen molar-refractivity contribution in [2.45, 2.75) is 32.7 Å². The number of ether oxygens (including phenoxy) is 2. The molecule has 0 spiro atoms. The number of nitrogens with zero attached hydrogens (tertiary/aromatic N) is 1. The van der Waals surface area contributed by atoms with E-state index >= 15 is 0 Å². The first-order valence-corrected chi connectivity index (χ1v) is 8.51. The molecule has 7 nitrogen and oxygen atoms in total. The Balaban J connectivity index is 1.97. The third-order valence-electron chi connectivity index (χ3n) is 3.64. The molecule has 0 aliphatic rings. The number of pyridine rings is 1. The maximum absolute atomic E-state index is 12.2. The second kappa shape index (κ2) is 9.50. The van der Waals surface area contributed by atoms with Crippen molar-refractivity contribution in [1.82, 2.24) is 10.3 Å². The van der Waals surface area contributed by atoms with Crippen LogP contribution in [0.2, 0.25) is 0 Å². The van der Waals surface area contributed by atoms with Crippen molar-refractivity contribution in [3.63, 3.8) is 0 Å². The summed E-state index contributed by atoms with van der Waals surface area (Å²) in [4.78, 5) is 40.2. The number of hydrogen-bond donors (Lipinski definition) is 1. The average molecular weight is 358 g/mol. The summed E-state index contributed by atoms with van der Waals surface area (Å²) in [6.45, 7) is 3.45. The Morgan fingerprint density at radius 2 is 1.73 bits per heavy atom. The van der Waals surface area contributed by atoms with Crippen LogP contribution in [0, 0.1) is 0 Å². The first-order valence-electron chi connectivity index (χ1n) is 8.51. The number of fused-ring (bicyclic) bond motifs is 1. The van der Waals surface area contributed by atoms with Crippen molar-refractivity contribution in [2.75, 3.05) is 13.2 Å². The number of nitrogens with one attached hydrogen (secondary N) is 1. The van der Waals surface area contributed by atoms with E-state index in [1.807, 2.05) is 30.3 Å². The number of benzene rings is 1. The number of carbonyl (C=O) groups excluding carboxylic acids is 3. The van der Waals surface area contributed by atoms with Crippen LogP contribution in [0.4, 0.5) is 0 Å². The predicted molar refractivity (Wildman–Crippen MR) is 95.3 cm³/mol. The van der Waals surface area contributed by atoms with Gasteiger partial charge in [0.2, 0.25) is 11.9 Å². The number of aromatic nitrogens is 1. The van der Waals surface area contributed by atoms with E-state index in [0.29, 0.717) is 6.42 Å². The predicted octanol–water partition coefficient (Wildman–Crippen LogP) is 1.78. The van der Waals surface area contributed by atoms with E-state index in [1.165, 1.54) is 0 Å². The van der Waals surface area contributed by atoms with Crippen molar-refractivity contribution in [2.24, 2.45) is 0 Å². The maximum Gasteiger partial charge on any atom is 0.340 e. The Morgan fingerprint density at radius 3 is 2.38 bits per heavy atom. The molecule has 138 valence electrons. The van der Waals surface area contributed by atoms with E-state index in [4.69, 9.17) is 9.47 Å². The maximum atomic E-state index is 12.2. The van der Waals surface area contributed by atoms with Crippen molar-refractivity contribution in [1.29, 1.82) is 0 Å². The molecule has 0 fully saturated rings. The van der Waals surface area contributed by atoms with Gasteiger partial charge >= 0.3 is 11.9 Å². The van der Waals surface area contributed by atoms with E-state index in [9.17, 15) is 14.4 Å². The van der Waals surface area contributed by atoms with Gasteiger partial charge in [-0.2, -0.15) is 0 Å². The van der Waals surface area contributed by atoms with Crippen LogP contribution in [-0.2, 0) is 30.3 Å². The van der Waals surface area contributed by atoms with Gasteiger partial charge in [0.05, 0.1) is 18.7 Å². The molecule has 26 heavy (non-hydrogen) atoms. The first kappa shape index (κ1) is 19.4. The van der Waals surface area contributed by atoms with Crippen LogP contribution in [0.3, 0.4) is 0 Å². The normalized spacial score (nSPS) is 10.6. The van der Waals surface area contributed by atoms with Gasteiger partial charge in [-0.3, -0.25) is 9.78 Å². The highest BCUT2D eigenvalue weighted by Gasteiger charge is 2.31. The molecule has 1 amide bonds. The molecule has 1 aromatic heterocycles. The molecule has 0 unspecified atom stereocenters. The van der Waals surface area contributed by atoms with Crippen LogP contribution in [-0.4, -0.2) is 42.1 Å². The van der Waals surface area contributed by atoms with Gasteiger partial charge in [-0.1, -0.05) is 18.2 Å². The van der Waals surface area contributed by atoms with E-state index in [1.54, 1.807) is 20.0 Å².